The van der Waals surface area contributed by atoms with Crippen LogP contribution in [-0.2, 0) is 38.8 Å². The first kappa shape index (κ1) is 29.7. The van der Waals surface area contributed by atoms with Crippen LogP contribution >= 0.6 is 0 Å². The van der Waals surface area contributed by atoms with Crippen LogP contribution in [0.4, 0.5) is 4.79 Å². The summed E-state index contributed by atoms with van der Waals surface area (Å²) in [6, 6.07) is 23.0. The summed E-state index contributed by atoms with van der Waals surface area (Å²) in [5, 5.41) is 16.9. The molecule has 0 bridgehead atoms. The molecular weight excluding hydrogens is 516 g/mol. The zero-order valence-electron chi connectivity index (χ0n) is 21.7. The molecular formula is C29H32N4O7. The van der Waals surface area contributed by atoms with E-state index in [0.29, 0.717) is 17.9 Å². The minimum Gasteiger partial charge on any atom is -0.489 e. The van der Waals surface area contributed by atoms with Crippen molar-refractivity contribution in [3.63, 3.8) is 0 Å². The van der Waals surface area contributed by atoms with Gasteiger partial charge in [0.25, 0.3) is 0 Å². The average Bonchev–Trinajstić information content (AvgIpc) is 2.97. The molecule has 210 valence electrons. The molecule has 0 aliphatic carbocycles. The molecule has 11 nitrogen and oxygen atoms in total. The smallest absolute Gasteiger partial charge is 0.408 e. The maximum absolute atomic E-state index is 12.9. The fraction of sp³-hybridized carbons (Fsp3) is 0.241. The molecule has 0 saturated carbocycles. The van der Waals surface area contributed by atoms with Crippen molar-refractivity contribution in [3.05, 3.63) is 102 Å². The highest BCUT2D eigenvalue weighted by Crippen LogP contribution is 2.15. The lowest BCUT2D eigenvalue weighted by Gasteiger charge is -2.22. The van der Waals surface area contributed by atoms with Gasteiger partial charge in [0.05, 0.1) is 13.2 Å². The summed E-state index contributed by atoms with van der Waals surface area (Å²) < 4.78 is 10.9. The van der Waals surface area contributed by atoms with E-state index in [1.165, 1.54) is 0 Å². The summed E-state index contributed by atoms with van der Waals surface area (Å²) in [5.74, 6) is -1.62. The third-order valence-electron chi connectivity index (χ3n) is 5.69. The number of rotatable bonds is 14. The van der Waals surface area contributed by atoms with Crippen LogP contribution in [0.2, 0.25) is 0 Å². The Kier molecular flexibility index (Phi) is 11.5. The Morgan fingerprint density at radius 3 is 1.90 bits per heavy atom. The van der Waals surface area contributed by atoms with E-state index in [-0.39, 0.29) is 13.0 Å². The Balaban J connectivity index is 1.60. The van der Waals surface area contributed by atoms with Gasteiger partial charge in [-0.2, -0.15) is 0 Å². The number of primary amides is 1. The molecule has 0 aliphatic rings. The van der Waals surface area contributed by atoms with E-state index in [2.05, 4.69) is 16.0 Å². The molecule has 4 amide bonds. The van der Waals surface area contributed by atoms with E-state index in [9.17, 15) is 24.3 Å². The van der Waals surface area contributed by atoms with Gasteiger partial charge in [-0.25, -0.2) is 4.79 Å². The van der Waals surface area contributed by atoms with Crippen LogP contribution < -0.4 is 26.4 Å². The molecule has 0 aromatic heterocycles. The normalized spacial score (nSPS) is 11.9. The second-order valence-electron chi connectivity index (χ2n) is 8.81. The lowest BCUT2D eigenvalue weighted by atomic mass is 10.0. The van der Waals surface area contributed by atoms with Crippen LogP contribution in [-0.4, -0.2) is 54.2 Å². The Labute approximate surface area is 231 Å². The molecule has 2 atom stereocenters. The predicted molar refractivity (Wildman–Crippen MR) is 146 cm³/mol. The number of aliphatic hydroxyl groups excluding tert-OH is 1. The zero-order chi connectivity index (χ0) is 28.7. The Bertz CT molecular complexity index is 1250. The van der Waals surface area contributed by atoms with Gasteiger partial charge in [0.15, 0.2) is 0 Å². The molecule has 0 unspecified atom stereocenters. The fourth-order valence-electron chi connectivity index (χ4n) is 3.58. The van der Waals surface area contributed by atoms with Gasteiger partial charge in [-0.15, -0.1) is 0 Å². The zero-order valence-corrected chi connectivity index (χ0v) is 21.7. The first-order valence-electron chi connectivity index (χ1n) is 12.5. The van der Waals surface area contributed by atoms with Crippen LogP contribution in [0.25, 0.3) is 0 Å². The van der Waals surface area contributed by atoms with E-state index in [4.69, 9.17) is 15.2 Å². The van der Waals surface area contributed by atoms with E-state index in [1.807, 2.05) is 36.4 Å². The van der Waals surface area contributed by atoms with Gasteiger partial charge in [0.1, 0.15) is 31.0 Å². The Morgan fingerprint density at radius 1 is 0.725 bits per heavy atom. The molecule has 40 heavy (non-hydrogen) atoms. The highest BCUT2D eigenvalue weighted by molar-refractivity contribution is 5.92. The standard InChI is InChI=1S/C29H32N4O7/c30-26(35)16-31-27(36)24(15-20-11-13-23(14-12-20)39-18-21-7-3-1-4-8-21)32-28(37)25(17-34)33-29(38)40-19-22-9-5-2-6-10-22/h1-14,24-25,34H,15-19H2,(H2,30,35)(H,31,36)(H,32,37)(H,33,38)/t24-,25-/m0/s1. The molecule has 0 heterocycles. The van der Waals surface area contributed by atoms with E-state index in [1.54, 1.807) is 48.5 Å². The summed E-state index contributed by atoms with van der Waals surface area (Å²) in [6.07, 6.45) is -0.870. The first-order chi connectivity index (χ1) is 19.3. The number of aliphatic hydroxyl groups is 1. The number of nitrogens with two attached hydrogens (primary N) is 1. The highest BCUT2D eigenvalue weighted by Gasteiger charge is 2.27. The highest BCUT2D eigenvalue weighted by atomic mass is 16.5. The molecule has 11 heteroatoms. The van der Waals surface area contributed by atoms with Crippen molar-refractivity contribution >= 4 is 23.8 Å². The topological polar surface area (TPSA) is 169 Å². The molecule has 3 aromatic carbocycles. The lowest BCUT2D eigenvalue weighted by Crippen LogP contribution is -2.56. The molecule has 0 spiro atoms. The molecule has 6 N–H and O–H groups in total. The second-order valence-corrected chi connectivity index (χ2v) is 8.81. The number of benzene rings is 3. The molecule has 3 aromatic rings. The van der Waals surface area contributed by atoms with Gasteiger partial charge in [-0.3, -0.25) is 14.4 Å². The summed E-state index contributed by atoms with van der Waals surface area (Å²) in [5.41, 5.74) is 7.56. The molecule has 0 saturated heterocycles. The van der Waals surface area contributed by atoms with E-state index >= 15 is 0 Å². The van der Waals surface area contributed by atoms with Crippen molar-refractivity contribution < 1.29 is 33.8 Å². The van der Waals surface area contributed by atoms with Crippen LogP contribution in [0, 0.1) is 0 Å². The number of carbonyl (C=O) groups excluding carboxylic acids is 4. The van der Waals surface area contributed by atoms with Crippen LogP contribution in [0.1, 0.15) is 16.7 Å². The number of alkyl carbamates (subject to hydrolysis) is 1. The second kappa shape index (κ2) is 15.5. The van der Waals surface area contributed by atoms with Crippen LogP contribution in [0.3, 0.4) is 0 Å². The van der Waals surface area contributed by atoms with Gasteiger partial charge in [0, 0.05) is 6.42 Å². The van der Waals surface area contributed by atoms with Gasteiger partial charge < -0.3 is 36.3 Å². The summed E-state index contributed by atoms with van der Waals surface area (Å²) in [7, 11) is 0. The third-order valence-corrected chi connectivity index (χ3v) is 5.69. The minimum atomic E-state index is -1.39. The van der Waals surface area contributed by atoms with Crippen molar-refractivity contribution in [1.82, 2.24) is 16.0 Å². The first-order valence-corrected chi connectivity index (χ1v) is 12.5. The molecule has 0 fully saturated rings. The summed E-state index contributed by atoms with van der Waals surface area (Å²) in [4.78, 5) is 49.0. The quantitative estimate of drug-likeness (QED) is 0.201. The predicted octanol–water partition coefficient (Wildman–Crippen LogP) is 1.18. The SMILES string of the molecule is NC(=O)CNC(=O)[C@H](Cc1ccc(OCc2ccccc2)cc1)NC(=O)[C@H](CO)NC(=O)OCc1ccccc1. The molecule has 0 aliphatic heterocycles. The summed E-state index contributed by atoms with van der Waals surface area (Å²) >= 11 is 0. The minimum absolute atomic E-state index is 0.0321. The van der Waals surface area contributed by atoms with Crippen molar-refractivity contribution in [2.75, 3.05) is 13.2 Å². The van der Waals surface area contributed by atoms with Crippen molar-refractivity contribution in [1.29, 1.82) is 0 Å². The average molecular weight is 549 g/mol. The lowest BCUT2D eigenvalue weighted by molar-refractivity contribution is -0.131. The van der Waals surface area contributed by atoms with Crippen molar-refractivity contribution in [2.45, 2.75) is 31.7 Å². The largest absolute Gasteiger partial charge is 0.489 e. The van der Waals surface area contributed by atoms with Crippen molar-refractivity contribution in [2.24, 2.45) is 5.73 Å². The number of hydrogen-bond donors (Lipinski definition) is 5. The Morgan fingerprint density at radius 2 is 1.32 bits per heavy atom. The monoisotopic (exact) mass is 548 g/mol. The number of amides is 4. The van der Waals surface area contributed by atoms with Gasteiger partial charge >= 0.3 is 6.09 Å². The fourth-order valence-corrected chi connectivity index (χ4v) is 3.58. The maximum Gasteiger partial charge on any atom is 0.408 e. The van der Waals surface area contributed by atoms with Gasteiger partial charge in [-0.05, 0) is 28.8 Å². The van der Waals surface area contributed by atoms with Gasteiger partial charge in [-0.1, -0.05) is 72.8 Å². The number of carbonyl (C=O) groups is 4. The number of nitrogens with one attached hydrogen (secondary N) is 3. The van der Waals surface area contributed by atoms with Crippen LogP contribution in [0.5, 0.6) is 5.75 Å². The Hall–Kier alpha value is -4.90. The van der Waals surface area contributed by atoms with Crippen LogP contribution in [0.15, 0.2) is 84.9 Å². The summed E-state index contributed by atoms with van der Waals surface area (Å²) in [6.45, 7) is -0.812. The van der Waals surface area contributed by atoms with E-state index in [0.717, 1.165) is 11.1 Å². The molecule has 0 radical (unpaired) electrons. The number of ether oxygens (including phenoxy) is 2. The van der Waals surface area contributed by atoms with Gasteiger partial charge in [0.2, 0.25) is 17.7 Å². The number of hydrogen-bond acceptors (Lipinski definition) is 7. The van der Waals surface area contributed by atoms with E-state index < -0.39 is 49.1 Å². The maximum atomic E-state index is 12.9. The molecule has 3 rings (SSSR count). The van der Waals surface area contributed by atoms with Crippen molar-refractivity contribution in [3.8, 4) is 5.75 Å². The third kappa shape index (κ3) is 10.1.